The second kappa shape index (κ2) is 5.09. The van der Waals surface area contributed by atoms with Gasteiger partial charge in [-0.3, -0.25) is 9.59 Å². The molecule has 1 atom stereocenters. The van der Waals surface area contributed by atoms with E-state index in [-0.39, 0.29) is 17.6 Å². The van der Waals surface area contributed by atoms with Gasteiger partial charge < -0.3 is 10.2 Å². The molecule has 2 fully saturated rings. The van der Waals surface area contributed by atoms with E-state index in [9.17, 15) is 14.0 Å². The van der Waals surface area contributed by atoms with Gasteiger partial charge in [-0.1, -0.05) is 12.1 Å². The second-order valence-electron chi connectivity index (χ2n) is 4.99. The Bertz CT molecular complexity index is 549. The molecule has 6 heteroatoms. The Morgan fingerprint density at radius 3 is 2.90 bits per heavy atom. The molecule has 0 aromatic heterocycles. The number of amides is 2. The molecule has 20 heavy (non-hydrogen) atoms. The molecule has 106 valence electrons. The first kappa shape index (κ1) is 13.4. The maximum absolute atomic E-state index is 12.8. The van der Waals surface area contributed by atoms with Gasteiger partial charge in [-0.2, -0.15) is 0 Å². The lowest BCUT2D eigenvalue weighted by Crippen LogP contribution is -2.50. The van der Waals surface area contributed by atoms with E-state index in [0.717, 1.165) is 11.3 Å². The van der Waals surface area contributed by atoms with E-state index in [1.54, 1.807) is 28.8 Å². The first-order chi connectivity index (χ1) is 9.62. The predicted octanol–water partition coefficient (Wildman–Crippen LogP) is 1.51. The highest BCUT2D eigenvalue weighted by Crippen LogP contribution is 2.44. The summed E-state index contributed by atoms with van der Waals surface area (Å²) in [6.45, 7) is 0.997. The molecule has 2 aliphatic rings. The number of nitrogens with zero attached hydrogens (tertiary/aromatic N) is 1. The number of fused-ring (bicyclic) bond motifs is 1. The molecule has 1 aromatic carbocycles. The molecular formula is C14H15FN2O2S. The summed E-state index contributed by atoms with van der Waals surface area (Å²) in [5, 5.41) is 2.87. The van der Waals surface area contributed by atoms with Gasteiger partial charge in [-0.25, -0.2) is 4.39 Å². The van der Waals surface area contributed by atoms with Crippen LogP contribution in [0.2, 0.25) is 0 Å². The lowest BCUT2D eigenvalue weighted by Gasteiger charge is -2.29. The van der Waals surface area contributed by atoms with Crippen LogP contribution in [0.4, 0.5) is 4.39 Å². The van der Waals surface area contributed by atoms with Crippen LogP contribution in [0, 0.1) is 5.82 Å². The zero-order valence-electron chi connectivity index (χ0n) is 10.9. The molecule has 4 nitrogen and oxygen atoms in total. The number of halogens is 1. The SMILES string of the molecule is O=C1CCC2(C(=O)NCc3ccc(F)cc3)SCCN12. The maximum atomic E-state index is 12.8. The van der Waals surface area contributed by atoms with Crippen molar-refractivity contribution in [3.05, 3.63) is 35.6 Å². The molecule has 0 bridgehead atoms. The number of hydrogen-bond donors (Lipinski definition) is 1. The largest absolute Gasteiger partial charge is 0.349 e. The molecule has 3 rings (SSSR count). The molecule has 1 unspecified atom stereocenters. The molecule has 2 aliphatic heterocycles. The van der Waals surface area contributed by atoms with Crippen molar-refractivity contribution in [2.45, 2.75) is 24.3 Å². The third-order valence-corrected chi connectivity index (χ3v) is 5.27. The minimum atomic E-state index is -0.711. The van der Waals surface area contributed by atoms with Crippen LogP contribution < -0.4 is 5.32 Å². The molecule has 0 saturated carbocycles. The van der Waals surface area contributed by atoms with E-state index in [1.807, 2.05) is 0 Å². The van der Waals surface area contributed by atoms with Crippen molar-refractivity contribution in [1.29, 1.82) is 0 Å². The molecular weight excluding hydrogens is 279 g/mol. The summed E-state index contributed by atoms with van der Waals surface area (Å²) >= 11 is 1.54. The fourth-order valence-corrected chi connectivity index (χ4v) is 4.14. The van der Waals surface area contributed by atoms with Crippen LogP contribution in [0.1, 0.15) is 18.4 Å². The van der Waals surface area contributed by atoms with Gasteiger partial charge in [0.25, 0.3) is 5.91 Å². The van der Waals surface area contributed by atoms with Crippen molar-refractivity contribution in [3.63, 3.8) is 0 Å². The van der Waals surface area contributed by atoms with Crippen molar-refractivity contribution in [3.8, 4) is 0 Å². The number of nitrogens with one attached hydrogen (secondary N) is 1. The third-order valence-electron chi connectivity index (χ3n) is 3.79. The monoisotopic (exact) mass is 294 g/mol. The summed E-state index contributed by atoms with van der Waals surface area (Å²) < 4.78 is 12.8. The molecule has 0 radical (unpaired) electrons. The average Bonchev–Trinajstić information content (AvgIpc) is 3.00. The summed E-state index contributed by atoms with van der Waals surface area (Å²) in [6.07, 6.45) is 1.02. The highest BCUT2D eigenvalue weighted by atomic mass is 32.2. The van der Waals surface area contributed by atoms with E-state index in [0.29, 0.717) is 25.9 Å². The van der Waals surface area contributed by atoms with Crippen LogP contribution in [0.3, 0.4) is 0 Å². The second-order valence-corrected chi connectivity index (χ2v) is 6.36. The van der Waals surface area contributed by atoms with Gasteiger partial charge >= 0.3 is 0 Å². The van der Waals surface area contributed by atoms with Crippen LogP contribution in [0.5, 0.6) is 0 Å². The van der Waals surface area contributed by atoms with Gasteiger partial charge in [0.2, 0.25) is 5.91 Å². The van der Waals surface area contributed by atoms with Gasteiger partial charge in [0.05, 0.1) is 0 Å². The number of benzene rings is 1. The minimum Gasteiger partial charge on any atom is -0.349 e. The summed E-state index contributed by atoms with van der Waals surface area (Å²) in [4.78, 5) is 25.2. The van der Waals surface area contributed by atoms with E-state index >= 15 is 0 Å². The Kier molecular flexibility index (Phi) is 3.41. The molecule has 2 heterocycles. The number of carbonyl (C=O) groups is 2. The van der Waals surface area contributed by atoms with Crippen molar-refractivity contribution < 1.29 is 14.0 Å². The van der Waals surface area contributed by atoms with Crippen LogP contribution in [0.15, 0.2) is 24.3 Å². The van der Waals surface area contributed by atoms with E-state index in [4.69, 9.17) is 0 Å². The minimum absolute atomic E-state index is 0.0620. The Labute approximate surface area is 120 Å². The first-order valence-electron chi connectivity index (χ1n) is 6.59. The Morgan fingerprint density at radius 2 is 2.15 bits per heavy atom. The number of carbonyl (C=O) groups excluding carboxylic acids is 2. The standard InChI is InChI=1S/C14H15FN2O2S/c15-11-3-1-10(2-4-11)9-16-13(19)14-6-5-12(18)17(14)7-8-20-14/h1-4H,5-9H2,(H,16,19). The third kappa shape index (κ3) is 2.18. The zero-order chi connectivity index (χ0) is 14.2. The molecule has 0 spiro atoms. The Hall–Kier alpha value is -1.56. The Morgan fingerprint density at radius 1 is 1.40 bits per heavy atom. The maximum Gasteiger partial charge on any atom is 0.256 e. The van der Waals surface area contributed by atoms with E-state index in [1.165, 1.54) is 12.1 Å². The quantitative estimate of drug-likeness (QED) is 0.919. The molecule has 1 aromatic rings. The summed E-state index contributed by atoms with van der Waals surface area (Å²) in [5.74, 6) is 0.454. The Balaban J connectivity index is 1.67. The molecule has 1 N–H and O–H groups in total. The van der Waals surface area contributed by atoms with Gasteiger partial charge in [0, 0.05) is 25.3 Å². The number of thioether (sulfide) groups is 1. The fraction of sp³-hybridized carbons (Fsp3) is 0.429. The van der Waals surface area contributed by atoms with Crippen LogP contribution in [-0.4, -0.2) is 33.9 Å². The molecule has 2 saturated heterocycles. The normalized spacial score (nSPS) is 24.9. The van der Waals surface area contributed by atoms with Crippen molar-refractivity contribution in [2.75, 3.05) is 12.3 Å². The van der Waals surface area contributed by atoms with E-state index in [2.05, 4.69) is 5.32 Å². The lowest BCUT2D eigenvalue weighted by atomic mass is 10.1. The summed E-state index contributed by atoms with van der Waals surface area (Å²) in [5.41, 5.74) is 0.843. The van der Waals surface area contributed by atoms with Crippen molar-refractivity contribution in [1.82, 2.24) is 10.2 Å². The summed E-state index contributed by atoms with van der Waals surface area (Å²) in [6, 6.07) is 6.03. The average molecular weight is 294 g/mol. The highest BCUT2D eigenvalue weighted by molar-refractivity contribution is 8.01. The zero-order valence-corrected chi connectivity index (χ0v) is 11.7. The van der Waals surface area contributed by atoms with Gasteiger partial charge in [0.15, 0.2) is 4.87 Å². The van der Waals surface area contributed by atoms with Crippen LogP contribution >= 0.6 is 11.8 Å². The summed E-state index contributed by atoms with van der Waals surface area (Å²) in [7, 11) is 0. The smallest absolute Gasteiger partial charge is 0.256 e. The van der Waals surface area contributed by atoms with E-state index < -0.39 is 4.87 Å². The fourth-order valence-electron chi connectivity index (χ4n) is 2.73. The van der Waals surface area contributed by atoms with Crippen molar-refractivity contribution >= 4 is 23.6 Å². The predicted molar refractivity (Wildman–Crippen MR) is 74.4 cm³/mol. The molecule has 0 aliphatic carbocycles. The van der Waals surface area contributed by atoms with Crippen LogP contribution in [-0.2, 0) is 16.1 Å². The van der Waals surface area contributed by atoms with Crippen molar-refractivity contribution in [2.24, 2.45) is 0 Å². The van der Waals surface area contributed by atoms with Gasteiger partial charge in [-0.15, -0.1) is 11.8 Å². The molecule has 2 amide bonds. The van der Waals surface area contributed by atoms with Crippen LogP contribution in [0.25, 0.3) is 0 Å². The lowest BCUT2D eigenvalue weighted by molar-refractivity contribution is -0.135. The first-order valence-corrected chi connectivity index (χ1v) is 7.57. The van der Waals surface area contributed by atoms with Gasteiger partial charge in [-0.05, 0) is 24.1 Å². The number of rotatable bonds is 3. The van der Waals surface area contributed by atoms with Gasteiger partial charge in [0.1, 0.15) is 5.82 Å². The topological polar surface area (TPSA) is 49.4 Å². The number of hydrogen-bond acceptors (Lipinski definition) is 3. The highest BCUT2D eigenvalue weighted by Gasteiger charge is 2.54.